The fraction of sp³-hybridized carbons (Fsp3) is 0.625. The first kappa shape index (κ1) is 18.7. The first-order valence-electron chi connectivity index (χ1n) is 8.17. The van der Waals surface area contributed by atoms with E-state index in [1.54, 1.807) is 16.9 Å². The molecule has 0 radical (unpaired) electrons. The van der Waals surface area contributed by atoms with Crippen LogP contribution in [0, 0.1) is 5.41 Å². The number of hydrogen-bond donors (Lipinski definition) is 1. The van der Waals surface area contributed by atoms with Crippen molar-refractivity contribution in [3.05, 3.63) is 24.0 Å². The minimum absolute atomic E-state index is 0.0999. The van der Waals surface area contributed by atoms with Crippen LogP contribution in [0.25, 0.3) is 5.65 Å². The molecule has 0 aromatic carbocycles. The lowest BCUT2D eigenvalue weighted by atomic mass is 9.85. The zero-order valence-corrected chi connectivity index (χ0v) is 15.5. The largest absolute Gasteiger partial charge is 0.476 e. The molecule has 7 nitrogen and oxygen atoms in total. The van der Waals surface area contributed by atoms with Gasteiger partial charge in [-0.15, -0.1) is 5.10 Å². The second kappa shape index (κ2) is 7.06. The van der Waals surface area contributed by atoms with Crippen molar-refractivity contribution >= 4 is 15.7 Å². The lowest BCUT2D eigenvalue weighted by molar-refractivity contribution is 0.147. The molecule has 0 atom stereocenters. The Morgan fingerprint density at radius 2 is 2.00 bits per heavy atom. The predicted octanol–water partition coefficient (Wildman–Crippen LogP) is 2.33. The van der Waals surface area contributed by atoms with Crippen LogP contribution in [0.3, 0.4) is 0 Å². The molecule has 0 unspecified atom stereocenters. The van der Waals surface area contributed by atoms with E-state index < -0.39 is 15.4 Å². The van der Waals surface area contributed by atoms with Crippen molar-refractivity contribution in [2.45, 2.75) is 46.5 Å². The third kappa shape index (κ3) is 4.24. The summed E-state index contributed by atoms with van der Waals surface area (Å²) in [5, 5.41) is 9.74. The van der Waals surface area contributed by atoms with Gasteiger partial charge in [-0.3, -0.25) is 0 Å². The summed E-state index contributed by atoms with van der Waals surface area (Å²) in [6.45, 7) is 8.27. The maximum absolute atomic E-state index is 11.6. The van der Waals surface area contributed by atoms with E-state index in [1.807, 2.05) is 19.9 Å². The molecule has 0 bridgehead atoms. The molecule has 0 aliphatic rings. The quantitative estimate of drug-likeness (QED) is 0.784. The predicted molar refractivity (Wildman–Crippen MR) is 93.6 cm³/mol. The highest BCUT2D eigenvalue weighted by molar-refractivity contribution is 7.89. The van der Waals surface area contributed by atoms with Gasteiger partial charge in [0, 0.05) is 23.4 Å². The first-order chi connectivity index (χ1) is 11.2. The monoisotopic (exact) mass is 354 g/mol. The smallest absolute Gasteiger partial charge is 0.235 e. The third-order valence-electron chi connectivity index (χ3n) is 4.52. The van der Waals surface area contributed by atoms with Crippen LogP contribution in [0.15, 0.2) is 18.5 Å². The van der Waals surface area contributed by atoms with E-state index in [2.05, 4.69) is 23.9 Å². The number of aromatic nitrogens is 3. The van der Waals surface area contributed by atoms with Crippen molar-refractivity contribution in [1.29, 1.82) is 0 Å². The number of nitrogens with two attached hydrogens (primary N) is 1. The SMILES string of the molecule is CCC(CC)(COc1nn2ccnc2cc1C(C)C)CS(N)(=O)=O. The number of nitrogens with zero attached hydrogens (tertiary/aromatic N) is 3. The maximum atomic E-state index is 11.6. The number of rotatable bonds is 8. The molecule has 0 aliphatic heterocycles. The van der Waals surface area contributed by atoms with E-state index in [9.17, 15) is 8.42 Å². The molecule has 2 heterocycles. The van der Waals surface area contributed by atoms with Gasteiger partial charge < -0.3 is 4.74 Å². The second-order valence-electron chi connectivity index (χ2n) is 6.59. The summed E-state index contributed by atoms with van der Waals surface area (Å²) in [5.41, 5.74) is 1.19. The first-order valence-corrected chi connectivity index (χ1v) is 9.89. The Bertz CT molecular complexity index is 795. The maximum Gasteiger partial charge on any atom is 0.235 e. The molecular formula is C16H26N4O3S. The molecule has 8 heteroatoms. The molecule has 0 amide bonds. The van der Waals surface area contributed by atoms with Gasteiger partial charge in [-0.25, -0.2) is 23.1 Å². The molecule has 24 heavy (non-hydrogen) atoms. The van der Waals surface area contributed by atoms with E-state index in [0.29, 0.717) is 18.7 Å². The van der Waals surface area contributed by atoms with Crippen LogP contribution in [0.4, 0.5) is 0 Å². The molecule has 2 aromatic rings. The molecule has 0 spiro atoms. The summed E-state index contributed by atoms with van der Waals surface area (Å²) in [4.78, 5) is 4.24. The fourth-order valence-corrected chi connectivity index (χ4v) is 4.07. The van der Waals surface area contributed by atoms with Gasteiger partial charge in [-0.1, -0.05) is 27.7 Å². The Kier molecular flexibility index (Phi) is 5.49. The minimum atomic E-state index is -3.58. The van der Waals surface area contributed by atoms with Gasteiger partial charge in [0.2, 0.25) is 15.9 Å². The van der Waals surface area contributed by atoms with Crippen molar-refractivity contribution in [1.82, 2.24) is 14.6 Å². The van der Waals surface area contributed by atoms with Crippen LogP contribution in [0.2, 0.25) is 0 Å². The van der Waals surface area contributed by atoms with Crippen molar-refractivity contribution in [3.8, 4) is 5.88 Å². The summed E-state index contributed by atoms with van der Waals surface area (Å²) in [5.74, 6) is 0.624. The van der Waals surface area contributed by atoms with Gasteiger partial charge in [0.1, 0.15) is 0 Å². The van der Waals surface area contributed by atoms with Crippen LogP contribution in [0.1, 0.15) is 52.0 Å². The molecule has 0 saturated carbocycles. The van der Waals surface area contributed by atoms with E-state index >= 15 is 0 Å². The second-order valence-corrected chi connectivity index (χ2v) is 8.21. The lowest BCUT2D eigenvalue weighted by Gasteiger charge is -2.30. The molecular weight excluding hydrogens is 328 g/mol. The van der Waals surface area contributed by atoms with Crippen molar-refractivity contribution < 1.29 is 13.2 Å². The van der Waals surface area contributed by atoms with Gasteiger partial charge >= 0.3 is 0 Å². The number of ether oxygens (including phenoxy) is 1. The van der Waals surface area contributed by atoms with Crippen LogP contribution >= 0.6 is 0 Å². The zero-order valence-electron chi connectivity index (χ0n) is 14.7. The molecule has 0 fully saturated rings. The van der Waals surface area contributed by atoms with Crippen LogP contribution < -0.4 is 9.88 Å². The molecule has 2 aromatic heterocycles. The van der Waals surface area contributed by atoms with Crippen molar-refractivity contribution in [2.75, 3.05) is 12.4 Å². The highest BCUT2D eigenvalue weighted by Gasteiger charge is 2.32. The number of sulfonamides is 1. The number of primary sulfonamides is 1. The Morgan fingerprint density at radius 3 is 2.54 bits per heavy atom. The molecule has 2 N–H and O–H groups in total. The highest BCUT2D eigenvalue weighted by atomic mass is 32.2. The van der Waals surface area contributed by atoms with Crippen LogP contribution in [-0.2, 0) is 10.0 Å². The summed E-state index contributed by atoms with van der Waals surface area (Å²) >= 11 is 0. The van der Waals surface area contributed by atoms with E-state index in [0.717, 1.165) is 11.2 Å². The summed E-state index contributed by atoms with van der Waals surface area (Å²) < 4.78 is 30.8. The Labute approximate surface area is 143 Å². The van der Waals surface area contributed by atoms with E-state index in [1.165, 1.54) is 0 Å². The Hall–Kier alpha value is -1.67. The summed E-state index contributed by atoms with van der Waals surface area (Å²) in [6, 6.07) is 1.95. The number of hydrogen-bond acceptors (Lipinski definition) is 5. The summed E-state index contributed by atoms with van der Waals surface area (Å²) in [7, 11) is -3.58. The van der Waals surface area contributed by atoms with Gasteiger partial charge in [-0.05, 0) is 24.8 Å². The summed E-state index contributed by atoms with van der Waals surface area (Å²) in [6.07, 6.45) is 4.75. The van der Waals surface area contributed by atoms with Crippen LogP contribution in [0.5, 0.6) is 5.88 Å². The van der Waals surface area contributed by atoms with Gasteiger partial charge in [-0.2, -0.15) is 0 Å². The number of fused-ring (bicyclic) bond motifs is 1. The zero-order chi connectivity index (χ0) is 18.0. The third-order valence-corrected chi connectivity index (χ3v) is 5.54. The number of imidazole rings is 1. The minimum Gasteiger partial charge on any atom is -0.476 e. The highest BCUT2D eigenvalue weighted by Crippen LogP contribution is 2.31. The molecule has 0 saturated heterocycles. The van der Waals surface area contributed by atoms with Crippen molar-refractivity contribution in [2.24, 2.45) is 10.6 Å². The van der Waals surface area contributed by atoms with Gasteiger partial charge in [0.05, 0.1) is 12.4 Å². The fourth-order valence-electron chi connectivity index (χ4n) is 2.73. The van der Waals surface area contributed by atoms with E-state index in [-0.39, 0.29) is 18.3 Å². The average molecular weight is 354 g/mol. The molecule has 2 rings (SSSR count). The lowest BCUT2D eigenvalue weighted by Crippen LogP contribution is -2.38. The standard InChI is InChI=1S/C16H26N4O3S/c1-5-16(6-2,11-24(17,21)22)10-23-15-13(12(3)4)9-14-18-7-8-20(14)19-15/h7-9,12H,5-6,10-11H2,1-4H3,(H2,17,21,22). The molecule has 0 aliphatic carbocycles. The van der Waals surface area contributed by atoms with Gasteiger partial charge in [0.25, 0.3) is 0 Å². The normalized spacial score (nSPS) is 12.9. The molecule has 134 valence electrons. The topological polar surface area (TPSA) is 99.6 Å². The van der Waals surface area contributed by atoms with E-state index in [4.69, 9.17) is 9.88 Å². The van der Waals surface area contributed by atoms with Crippen molar-refractivity contribution in [3.63, 3.8) is 0 Å². The van der Waals surface area contributed by atoms with Gasteiger partial charge in [0.15, 0.2) is 5.65 Å². The Morgan fingerprint density at radius 1 is 1.33 bits per heavy atom. The Balaban J connectivity index is 2.31. The average Bonchev–Trinajstić information content (AvgIpc) is 2.96. The van der Waals surface area contributed by atoms with Crippen LogP contribution in [-0.4, -0.2) is 35.4 Å².